The van der Waals surface area contributed by atoms with Crippen LogP contribution in [0.4, 0.5) is 0 Å². The third-order valence-electron chi connectivity index (χ3n) is 3.09. The summed E-state index contributed by atoms with van der Waals surface area (Å²) in [5.74, 6) is 0. The van der Waals surface area contributed by atoms with E-state index in [2.05, 4.69) is 0 Å². The molecular formula is C14H10ClLiO3S. The molecule has 0 heterocycles. The molecule has 0 saturated carbocycles. The van der Waals surface area contributed by atoms with Gasteiger partial charge in [-0.3, -0.25) is 4.55 Å². The summed E-state index contributed by atoms with van der Waals surface area (Å²) < 4.78 is 32.3. The molecule has 0 aromatic heterocycles. The van der Waals surface area contributed by atoms with Crippen LogP contribution in [0.1, 0.15) is 1.43 Å². The molecule has 0 spiro atoms. The quantitative estimate of drug-likeness (QED) is 0.414. The third kappa shape index (κ3) is 2.46. The van der Waals surface area contributed by atoms with Crippen molar-refractivity contribution in [2.45, 2.75) is 4.90 Å². The summed E-state index contributed by atoms with van der Waals surface area (Å²) in [5, 5.41) is 3.11. The van der Waals surface area contributed by atoms with Crippen LogP contribution in [-0.4, -0.2) is 13.0 Å². The second-order valence-electron chi connectivity index (χ2n) is 4.23. The summed E-state index contributed by atoms with van der Waals surface area (Å²) in [7, 11) is -4.36. The molecule has 98 valence electrons. The van der Waals surface area contributed by atoms with Crippen molar-refractivity contribution < 1.29 is 33.3 Å². The van der Waals surface area contributed by atoms with Crippen LogP contribution in [0.3, 0.4) is 0 Å². The Bertz CT molecular complexity index is 913. The largest absolute Gasteiger partial charge is 1.00 e. The number of benzene rings is 3. The van der Waals surface area contributed by atoms with Crippen molar-refractivity contribution in [3.63, 3.8) is 0 Å². The minimum absolute atomic E-state index is 0. The summed E-state index contributed by atoms with van der Waals surface area (Å²) in [6, 6.07) is 14.3. The number of halogens is 1. The van der Waals surface area contributed by atoms with E-state index in [1.165, 1.54) is 6.07 Å². The van der Waals surface area contributed by atoms with Gasteiger partial charge in [0.2, 0.25) is 0 Å². The maximum atomic E-state index is 11.5. The van der Waals surface area contributed by atoms with Crippen LogP contribution in [0.15, 0.2) is 53.4 Å². The minimum Gasteiger partial charge on any atom is -1.00 e. The van der Waals surface area contributed by atoms with Crippen molar-refractivity contribution >= 4 is 43.3 Å². The predicted octanol–water partition coefficient (Wildman–Crippen LogP) is 1.01. The summed E-state index contributed by atoms with van der Waals surface area (Å²) in [4.78, 5) is -0.239. The maximum absolute atomic E-state index is 11.5. The van der Waals surface area contributed by atoms with Crippen LogP contribution >= 0.6 is 11.6 Å². The van der Waals surface area contributed by atoms with Gasteiger partial charge in [-0.05, 0) is 22.2 Å². The predicted molar refractivity (Wildman–Crippen MR) is 77.4 cm³/mol. The Morgan fingerprint density at radius 2 is 1.55 bits per heavy atom. The molecule has 3 nitrogen and oxygen atoms in total. The first-order chi connectivity index (χ1) is 8.98. The van der Waals surface area contributed by atoms with Gasteiger partial charge in [-0.25, -0.2) is 0 Å². The van der Waals surface area contributed by atoms with Crippen molar-refractivity contribution in [1.82, 2.24) is 0 Å². The van der Waals surface area contributed by atoms with Crippen molar-refractivity contribution in [3.8, 4) is 0 Å². The van der Waals surface area contributed by atoms with Gasteiger partial charge in [0.25, 0.3) is 10.1 Å². The fourth-order valence-corrected chi connectivity index (χ4v) is 3.52. The Hall–Kier alpha value is -1.02. The van der Waals surface area contributed by atoms with E-state index < -0.39 is 10.1 Å². The second kappa shape index (κ2) is 5.40. The van der Waals surface area contributed by atoms with Crippen molar-refractivity contribution in [1.29, 1.82) is 0 Å². The molecule has 0 unspecified atom stereocenters. The molecule has 0 aliphatic carbocycles. The summed E-state index contributed by atoms with van der Waals surface area (Å²) in [5.41, 5.74) is 0. The topological polar surface area (TPSA) is 54.4 Å². The Kier molecular flexibility index (Phi) is 4.15. The van der Waals surface area contributed by atoms with Gasteiger partial charge in [0.05, 0.1) is 5.02 Å². The molecule has 3 aromatic carbocycles. The molecule has 0 saturated heterocycles. The molecule has 0 aliphatic rings. The van der Waals surface area contributed by atoms with E-state index in [1.54, 1.807) is 12.1 Å². The molecule has 0 radical (unpaired) electrons. The first kappa shape index (κ1) is 15.4. The van der Waals surface area contributed by atoms with Gasteiger partial charge in [0.1, 0.15) is 4.90 Å². The van der Waals surface area contributed by atoms with Gasteiger partial charge >= 0.3 is 18.9 Å². The molecule has 0 atom stereocenters. The van der Waals surface area contributed by atoms with E-state index in [1.807, 2.05) is 30.3 Å². The fourth-order valence-electron chi connectivity index (χ4n) is 2.30. The Morgan fingerprint density at radius 1 is 0.900 bits per heavy atom. The zero-order chi connectivity index (χ0) is 13.6. The molecule has 3 rings (SSSR count). The first-order valence-electron chi connectivity index (χ1n) is 5.56. The second-order valence-corrected chi connectivity index (χ2v) is 6.00. The van der Waals surface area contributed by atoms with Crippen molar-refractivity contribution in [3.05, 3.63) is 53.6 Å². The van der Waals surface area contributed by atoms with Gasteiger partial charge in [0, 0.05) is 5.39 Å². The molecule has 6 heteroatoms. The summed E-state index contributed by atoms with van der Waals surface area (Å²) in [6.07, 6.45) is 0. The van der Waals surface area contributed by atoms with Crippen LogP contribution in [-0.2, 0) is 10.1 Å². The number of hydrogen-bond donors (Lipinski definition) is 1. The monoisotopic (exact) mass is 300 g/mol. The average molecular weight is 301 g/mol. The third-order valence-corrected chi connectivity index (χ3v) is 4.47. The van der Waals surface area contributed by atoms with E-state index >= 15 is 0 Å². The van der Waals surface area contributed by atoms with Gasteiger partial charge < -0.3 is 1.43 Å². The number of hydrogen-bond acceptors (Lipinski definition) is 2. The standard InChI is InChI=1S/C14H9ClO3S.Li.H/c15-13-8-7-11-10-4-2-1-3-9(10)5-6-12(11)14(13)19(16,17)18;;/h1-8H,(H,16,17,18);;/q;+1;-1. The van der Waals surface area contributed by atoms with E-state index in [-0.39, 0.29) is 30.2 Å². The SMILES string of the molecule is O=S(=O)(O)c1c(Cl)ccc2c1ccc1ccccc12.[H-].[Li+]. The molecule has 1 N–H and O–H groups in total. The molecular weight excluding hydrogens is 291 g/mol. The summed E-state index contributed by atoms with van der Waals surface area (Å²) in [6.45, 7) is 0. The molecule has 3 aromatic rings. The van der Waals surface area contributed by atoms with Crippen molar-refractivity contribution in [2.75, 3.05) is 0 Å². The van der Waals surface area contributed by atoms with Gasteiger partial charge in [-0.1, -0.05) is 54.1 Å². The van der Waals surface area contributed by atoms with E-state index in [4.69, 9.17) is 11.6 Å². The van der Waals surface area contributed by atoms with Crippen LogP contribution < -0.4 is 18.9 Å². The fraction of sp³-hybridized carbons (Fsp3) is 0. The minimum atomic E-state index is -4.36. The Balaban J connectivity index is 0.00000110. The molecule has 0 aliphatic heterocycles. The zero-order valence-electron chi connectivity index (χ0n) is 11.7. The van der Waals surface area contributed by atoms with E-state index in [9.17, 15) is 13.0 Å². The van der Waals surface area contributed by atoms with Crippen LogP contribution in [0, 0.1) is 0 Å². The zero-order valence-corrected chi connectivity index (χ0v) is 12.2. The normalized spacial score (nSPS) is 11.5. The van der Waals surface area contributed by atoms with Gasteiger partial charge in [0.15, 0.2) is 0 Å². The van der Waals surface area contributed by atoms with Crippen LogP contribution in [0.25, 0.3) is 21.5 Å². The average Bonchev–Trinajstić information content (AvgIpc) is 2.36. The van der Waals surface area contributed by atoms with Crippen LogP contribution in [0.5, 0.6) is 0 Å². The van der Waals surface area contributed by atoms with Crippen molar-refractivity contribution in [2.24, 2.45) is 0 Å². The molecule has 0 bridgehead atoms. The van der Waals surface area contributed by atoms with Gasteiger partial charge in [-0.2, -0.15) is 8.42 Å². The molecule has 20 heavy (non-hydrogen) atoms. The molecule has 0 amide bonds. The van der Waals surface area contributed by atoms with Gasteiger partial charge in [-0.15, -0.1) is 0 Å². The smallest absolute Gasteiger partial charge is 1.00 e. The van der Waals surface area contributed by atoms with E-state index in [0.717, 1.165) is 16.2 Å². The van der Waals surface area contributed by atoms with Crippen LogP contribution in [0.2, 0.25) is 5.02 Å². The maximum Gasteiger partial charge on any atom is 1.00 e. The Labute approximate surface area is 135 Å². The number of rotatable bonds is 1. The Morgan fingerprint density at radius 3 is 2.25 bits per heavy atom. The first-order valence-corrected chi connectivity index (χ1v) is 7.38. The molecule has 0 fully saturated rings. The van der Waals surface area contributed by atoms with E-state index in [0.29, 0.717) is 5.39 Å². The number of fused-ring (bicyclic) bond motifs is 3. The summed E-state index contributed by atoms with van der Waals surface area (Å²) >= 11 is 5.90.